The van der Waals surface area contributed by atoms with E-state index in [1.807, 2.05) is 0 Å². The Bertz CT molecular complexity index is 707. The first-order valence-corrected chi connectivity index (χ1v) is 8.25. The molecular weight excluding hydrogens is 373 g/mol. The predicted octanol–water partition coefficient (Wildman–Crippen LogP) is 3.86. The van der Waals surface area contributed by atoms with Crippen LogP contribution >= 0.6 is 35.6 Å². The van der Waals surface area contributed by atoms with Gasteiger partial charge in [0.15, 0.2) is 0 Å². The molecule has 0 aliphatic carbocycles. The minimum Gasteiger partial charge on any atom is -0.360 e. The van der Waals surface area contributed by atoms with Crippen LogP contribution in [-0.2, 0) is 0 Å². The molecule has 1 amide bonds. The molecule has 2 aromatic rings. The number of carbonyl (C=O) groups is 1. The number of benzene rings is 1. The minimum atomic E-state index is -0.219. The highest BCUT2D eigenvalue weighted by molar-refractivity contribution is 6.39. The van der Waals surface area contributed by atoms with Crippen molar-refractivity contribution in [2.24, 2.45) is 0 Å². The van der Waals surface area contributed by atoms with Crippen LogP contribution in [0, 0.1) is 6.92 Å². The van der Waals surface area contributed by atoms with E-state index >= 15 is 0 Å². The van der Waals surface area contributed by atoms with E-state index in [2.05, 4.69) is 15.8 Å². The quantitative estimate of drug-likeness (QED) is 0.835. The van der Waals surface area contributed by atoms with Crippen LogP contribution in [0.2, 0.25) is 10.0 Å². The van der Waals surface area contributed by atoms with Crippen molar-refractivity contribution < 1.29 is 9.32 Å². The second kappa shape index (κ2) is 8.21. The Morgan fingerprint density at radius 3 is 2.71 bits per heavy atom. The van der Waals surface area contributed by atoms with Gasteiger partial charge in [0.1, 0.15) is 17.0 Å². The smallest absolute Gasteiger partial charge is 0.257 e. The first kappa shape index (κ1) is 19.1. The summed E-state index contributed by atoms with van der Waals surface area (Å²) in [4.78, 5) is 12.7. The lowest BCUT2D eigenvalue weighted by Crippen LogP contribution is -2.45. The van der Waals surface area contributed by atoms with Gasteiger partial charge in [0.25, 0.3) is 5.91 Å². The fraction of sp³-hybridized carbons (Fsp3) is 0.375. The van der Waals surface area contributed by atoms with Crippen molar-refractivity contribution in [3.63, 3.8) is 0 Å². The molecule has 1 fully saturated rings. The van der Waals surface area contributed by atoms with E-state index in [4.69, 9.17) is 27.7 Å². The van der Waals surface area contributed by atoms with Gasteiger partial charge in [-0.25, -0.2) is 0 Å². The second-order valence-corrected chi connectivity index (χ2v) is 6.39. The maximum Gasteiger partial charge on any atom is 0.257 e. The lowest BCUT2D eigenvalue weighted by atomic mass is 10.0. The number of aromatic nitrogens is 1. The summed E-state index contributed by atoms with van der Waals surface area (Å²) in [5.41, 5.74) is 1.27. The molecule has 0 unspecified atom stereocenters. The molecule has 0 bridgehead atoms. The van der Waals surface area contributed by atoms with Crippen molar-refractivity contribution in [3.05, 3.63) is 39.6 Å². The molecule has 3 rings (SSSR count). The zero-order valence-electron chi connectivity index (χ0n) is 13.1. The summed E-state index contributed by atoms with van der Waals surface area (Å²) in [5.74, 6) is 0.223. The van der Waals surface area contributed by atoms with Crippen LogP contribution in [0.1, 0.15) is 29.0 Å². The third-order valence-electron chi connectivity index (χ3n) is 3.92. The van der Waals surface area contributed by atoms with Crippen LogP contribution in [0.3, 0.4) is 0 Å². The third kappa shape index (κ3) is 3.86. The number of hydrogen-bond donors (Lipinski definition) is 2. The van der Waals surface area contributed by atoms with E-state index in [1.54, 1.807) is 25.1 Å². The van der Waals surface area contributed by atoms with Gasteiger partial charge >= 0.3 is 0 Å². The van der Waals surface area contributed by atoms with E-state index < -0.39 is 0 Å². The molecule has 2 heterocycles. The molecule has 1 aromatic heterocycles. The van der Waals surface area contributed by atoms with Gasteiger partial charge in [0, 0.05) is 18.2 Å². The normalized spacial score (nSPS) is 17.2. The predicted molar refractivity (Wildman–Crippen MR) is 97.3 cm³/mol. The second-order valence-electron chi connectivity index (χ2n) is 5.58. The highest BCUT2D eigenvalue weighted by Gasteiger charge is 2.26. The molecular formula is C16H18Cl3N3O2. The van der Waals surface area contributed by atoms with Crippen molar-refractivity contribution in [1.82, 2.24) is 15.8 Å². The van der Waals surface area contributed by atoms with Crippen LogP contribution < -0.4 is 10.6 Å². The molecule has 1 aliphatic heterocycles. The van der Waals surface area contributed by atoms with Gasteiger partial charge in [-0.3, -0.25) is 4.79 Å². The first-order chi connectivity index (χ1) is 11.1. The standard InChI is InChI=1S/C16H17Cl2N3O2.ClH/c1-9-13(16(22)20-10-4-3-7-19-8-10)15(21-23-9)14-11(17)5-2-6-12(14)18;/h2,5-6,10,19H,3-4,7-8H2,1H3,(H,20,22);1H/t10-;/m0./s1. The summed E-state index contributed by atoms with van der Waals surface area (Å²) in [7, 11) is 0. The van der Waals surface area contributed by atoms with Gasteiger partial charge in [-0.15, -0.1) is 12.4 Å². The van der Waals surface area contributed by atoms with E-state index in [0.29, 0.717) is 32.6 Å². The summed E-state index contributed by atoms with van der Waals surface area (Å²) in [6, 6.07) is 5.26. The number of carbonyl (C=O) groups excluding carboxylic acids is 1. The summed E-state index contributed by atoms with van der Waals surface area (Å²) in [6.45, 7) is 3.45. The minimum absolute atomic E-state index is 0. The molecule has 130 valence electrons. The molecule has 0 saturated carbocycles. The molecule has 8 heteroatoms. The van der Waals surface area contributed by atoms with Crippen LogP contribution in [0.15, 0.2) is 22.7 Å². The van der Waals surface area contributed by atoms with Crippen LogP contribution in [-0.4, -0.2) is 30.2 Å². The molecule has 5 nitrogen and oxygen atoms in total. The highest BCUT2D eigenvalue weighted by atomic mass is 35.5. The summed E-state index contributed by atoms with van der Waals surface area (Å²) >= 11 is 12.5. The molecule has 1 aromatic carbocycles. The monoisotopic (exact) mass is 389 g/mol. The molecule has 0 radical (unpaired) electrons. The number of nitrogens with one attached hydrogen (secondary N) is 2. The van der Waals surface area contributed by atoms with Crippen LogP contribution in [0.5, 0.6) is 0 Å². The number of rotatable bonds is 3. The number of hydrogen-bond acceptors (Lipinski definition) is 4. The van der Waals surface area contributed by atoms with Gasteiger partial charge in [-0.2, -0.15) is 0 Å². The summed E-state index contributed by atoms with van der Waals surface area (Å²) in [5, 5.41) is 11.2. The van der Waals surface area contributed by atoms with Crippen molar-refractivity contribution >= 4 is 41.5 Å². The lowest BCUT2D eigenvalue weighted by molar-refractivity contribution is 0.0929. The van der Waals surface area contributed by atoms with E-state index in [9.17, 15) is 4.79 Å². The average molecular weight is 391 g/mol. The molecule has 24 heavy (non-hydrogen) atoms. The summed E-state index contributed by atoms with van der Waals surface area (Å²) in [6.07, 6.45) is 1.99. The molecule has 1 aliphatic rings. The lowest BCUT2D eigenvalue weighted by Gasteiger charge is -2.23. The molecule has 0 spiro atoms. The van der Waals surface area contributed by atoms with E-state index in [0.717, 1.165) is 25.9 Å². The maximum atomic E-state index is 12.7. The largest absolute Gasteiger partial charge is 0.360 e. The number of nitrogens with zero attached hydrogens (tertiary/aromatic N) is 1. The Kier molecular flexibility index (Phi) is 6.52. The maximum absolute atomic E-state index is 12.7. The van der Waals surface area contributed by atoms with E-state index in [-0.39, 0.29) is 24.4 Å². The van der Waals surface area contributed by atoms with Crippen molar-refractivity contribution in [2.75, 3.05) is 13.1 Å². The fourth-order valence-electron chi connectivity index (χ4n) is 2.77. The number of piperidine rings is 1. The van der Waals surface area contributed by atoms with Crippen LogP contribution in [0.4, 0.5) is 0 Å². The van der Waals surface area contributed by atoms with Gasteiger partial charge in [-0.05, 0) is 38.4 Å². The number of halogens is 3. The Balaban J connectivity index is 0.00000208. The number of aryl methyl sites for hydroxylation is 1. The van der Waals surface area contributed by atoms with Crippen molar-refractivity contribution in [2.45, 2.75) is 25.8 Å². The van der Waals surface area contributed by atoms with Gasteiger partial charge in [-0.1, -0.05) is 34.4 Å². The van der Waals surface area contributed by atoms with Crippen LogP contribution in [0.25, 0.3) is 11.3 Å². The topological polar surface area (TPSA) is 67.2 Å². The van der Waals surface area contributed by atoms with Gasteiger partial charge in [0.05, 0.1) is 10.0 Å². The molecule has 1 saturated heterocycles. The Morgan fingerprint density at radius 2 is 2.08 bits per heavy atom. The molecule has 2 N–H and O–H groups in total. The van der Waals surface area contributed by atoms with Gasteiger partial charge in [0.2, 0.25) is 0 Å². The Labute approximate surface area is 156 Å². The SMILES string of the molecule is Cc1onc(-c2c(Cl)cccc2Cl)c1C(=O)N[C@H]1CCCNC1.Cl. The third-order valence-corrected chi connectivity index (χ3v) is 4.55. The fourth-order valence-corrected chi connectivity index (χ4v) is 3.34. The van der Waals surface area contributed by atoms with Crippen molar-refractivity contribution in [3.8, 4) is 11.3 Å². The summed E-state index contributed by atoms with van der Waals surface area (Å²) < 4.78 is 5.23. The Morgan fingerprint density at radius 1 is 1.38 bits per heavy atom. The Hall–Kier alpha value is -1.27. The average Bonchev–Trinajstić information content (AvgIpc) is 2.90. The van der Waals surface area contributed by atoms with Crippen molar-refractivity contribution in [1.29, 1.82) is 0 Å². The molecule has 1 atom stereocenters. The zero-order chi connectivity index (χ0) is 16.4. The van der Waals surface area contributed by atoms with Gasteiger partial charge < -0.3 is 15.2 Å². The highest BCUT2D eigenvalue weighted by Crippen LogP contribution is 2.36. The van der Waals surface area contributed by atoms with E-state index in [1.165, 1.54) is 0 Å². The number of amides is 1. The zero-order valence-corrected chi connectivity index (χ0v) is 15.4. The first-order valence-electron chi connectivity index (χ1n) is 7.50.